The quantitative estimate of drug-likeness (QED) is 0.739. The van der Waals surface area contributed by atoms with Gasteiger partial charge in [-0.2, -0.15) is 0 Å². The number of nitrogens with zero attached hydrogens (tertiary/aromatic N) is 2. The number of nitrogens with one attached hydrogen (secondary N) is 2. The molecule has 0 spiro atoms. The van der Waals surface area contributed by atoms with Gasteiger partial charge in [0.1, 0.15) is 0 Å². The number of hydrogen-bond donors (Lipinski definition) is 2. The Balaban J connectivity index is 1.44. The van der Waals surface area contributed by atoms with Gasteiger partial charge in [-0.1, -0.05) is 30.8 Å². The molecular formula is C18H20N4O3S2. The van der Waals surface area contributed by atoms with Crippen molar-refractivity contribution in [3.8, 4) is 0 Å². The van der Waals surface area contributed by atoms with Gasteiger partial charge in [0.15, 0.2) is 0 Å². The SMILES string of the molecule is CCc1nc(CCNC(=O)Nc2ccc(CN3C(=O)CSC3=O)cc2)cs1. The van der Waals surface area contributed by atoms with Gasteiger partial charge in [0, 0.05) is 24.0 Å². The fourth-order valence-corrected chi connectivity index (χ4v) is 4.02. The van der Waals surface area contributed by atoms with E-state index in [1.54, 1.807) is 35.6 Å². The van der Waals surface area contributed by atoms with Crippen molar-refractivity contribution in [3.05, 3.63) is 45.9 Å². The van der Waals surface area contributed by atoms with Crippen LogP contribution in [0.1, 0.15) is 23.2 Å². The van der Waals surface area contributed by atoms with Crippen molar-refractivity contribution in [2.45, 2.75) is 26.3 Å². The van der Waals surface area contributed by atoms with Crippen LogP contribution in [0, 0.1) is 0 Å². The van der Waals surface area contributed by atoms with E-state index in [1.165, 1.54) is 4.90 Å². The number of anilines is 1. The molecule has 1 aromatic carbocycles. The normalized spacial score (nSPS) is 13.9. The van der Waals surface area contributed by atoms with Gasteiger partial charge in [0.05, 0.1) is 23.0 Å². The van der Waals surface area contributed by atoms with Crippen molar-refractivity contribution in [2.75, 3.05) is 17.6 Å². The summed E-state index contributed by atoms with van der Waals surface area (Å²) in [4.78, 5) is 40.9. The molecule has 0 atom stereocenters. The Morgan fingerprint density at radius 1 is 1.26 bits per heavy atom. The maximum Gasteiger partial charge on any atom is 0.319 e. The maximum absolute atomic E-state index is 12.0. The van der Waals surface area contributed by atoms with Crippen molar-refractivity contribution in [2.24, 2.45) is 0 Å². The minimum atomic E-state index is -0.282. The van der Waals surface area contributed by atoms with Crippen LogP contribution in [0.15, 0.2) is 29.6 Å². The van der Waals surface area contributed by atoms with E-state index in [4.69, 9.17) is 0 Å². The highest BCUT2D eigenvalue weighted by Crippen LogP contribution is 2.21. The van der Waals surface area contributed by atoms with E-state index >= 15 is 0 Å². The number of amides is 4. The number of carbonyl (C=O) groups excluding carboxylic acids is 3. The summed E-state index contributed by atoms with van der Waals surface area (Å²) in [5.74, 6) is 0.0389. The molecule has 2 N–H and O–H groups in total. The minimum absolute atomic E-state index is 0.169. The molecular weight excluding hydrogens is 384 g/mol. The van der Waals surface area contributed by atoms with E-state index in [9.17, 15) is 14.4 Å². The summed E-state index contributed by atoms with van der Waals surface area (Å²) >= 11 is 2.66. The second-order valence-electron chi connectivity index (χ2n) is 5.95. The van der Waals surface area contributed by atoms with E-state index in [-0.39, 0.29) is 29.5 Å². The lowest BCUT2D eigenvalue weighted by molar-refractivity contribution is -0.125. The van der Waals surface area contributed by atoms with Crippen LogP contribution in [0.4, 0.5) is 15.3 Å². The van der Waals surface area contributed by atoms with Crippen molar-refractivity contribution in [1.29, 1.82) is 0 Å². The highest BCUT2D eigenvalue weighted by Gasteiger charge is 2.29. The second kappa shape index (κ2) is 9.01. The van der Waals surface area contributed by atoms with Crippen molar-refractivity contribution in [1.82, 2.24) is 15.2 Å². The molecule has 9 heteroatoms. The van der Waals surface area contributed by atoms with Gasteiger partial charge in [-0.3, -0.25) is 14.5 Å². The molecule has 0 saturated carbocycles. The van der Waals surface area contributed by atoms with E-state index in [0.717, 1.165) is 34.4 Å². The summed E-state index contributed by atoms with van der Waals surface area (Å²) in [7, 11) is 0. The van der Waals surface area contributed by atoms with Gasteiger partial charge in [-0.25, -0.2) is 9.78 Å². The third-order valence-electron chi connectivity index (χ3n) is 3.96. The van der Waals surface area contributed by atoms with E-state index in [0.29, 0.717) is 18.7 Å². The smallest absolute Gasteiger partial charge is 0.319 e. The van der Waals surface area contributed by atoms with Crippen LogP contribution in [0.5, 0.6) is 0 Å². The van der Waals surface area contributed by atoms with Gasteiger partial charge >= 0.3 is 6.03 Å². The molecule has 0 bridgehead atoms. The number of aromatic nitrogens is 1. The molecule has 1 saturated heterocycles. The second-order valence-corrected chi connectivity index (χ2v) is 7.82. The Morgan fingerprint density at radius 2 is 2.04 bits per heavy atom. The van der Waals surface area contributed by atoms with Crippen LogP contribution >= 0.6 is 23.1 Å². The lowest BCUT2D eigenvalue weighted by Crippen LogP contribution is -2.30. The van der Waals surface area contributed by atoms with Crippen LogP contribution in [-0.2, 0) is 24.2 Å². The summed E-state index contributed by atoms with van der Waals surface area (Å²) in [6.07, 6.45) is 1.62. The number of benzene rings is 1. The van der Waals surface area contributed by atoms with Crippen LogP contribution in [-0.4, -0.2) is 39.4 Å². The van der Waals surface area contributed by atoms with Gasteiger partial charge < -0.3 is 10.6 Å². The maximum atomic E-state index is 12.0. The van der Waals surface area contributed by atoms with Gasteiger partial charge in [-0.05, 0) is 24.1 Å². The largest absolute Gasteiger partial charge is 0.337 e. The van der Waals surface area contributed by atoms with E-state index in [2.05, 4.69) is 22.5 Å². The highest BCUT2D eigenvalue weighted by molar-refractivity contribution is 8.14. The molecule has 0 aliphatic carbocycles. The summed E-state index contributed by atoms with van der Waals surface area (Å²) in [5, 5.41) is 8.48. The predicted octanol–water partition coefficient (Wildman–Crippen LogP) is 3.27. The molecule has 27 heavy (non-hydrogen) atoms. The first-order valence-corrected chi connectivity index (χ1v) is 10.5. The molecule has 1 aromatic heterocycles. The third kappa shape index (κ3) is 5.30. The topological polar surface area (TPSA) is 91.4 Å². The first kappa shape index (κ1) is 19.4. The number of hydrogen-bond acceptors (Lipinski definition) is 6. The number of thiazole rings is 1. The average Bonchev–Trinajstić information content (AvgIpc) is 3.25. The molecule has 7 nitrogen and oxygen atoms in total. The molecule has 3 rings (SSSR count). The first-order chi connectivity index (χ1) is 13.0. The monoisotopic (exact) mass is 404 g/mol. The Labute approximate surface area is 165 Å². The zero-order chi connectivity index (χ0) is 19.2. The molecule has 2 aromatic rings. The third-order valence-corrected chi connectivity index (χ3v) is 5.86. The molecule has 4 amide bonds. The Hall–Kier alpha value is -2.39. The summed E-state index contributed by atoms with van der Waals surface area (Å²) in [6.45, 7) is 2.83. The van der Waals surface area contributed by atoms with Gasteiger partial charge in [0.2, 0.25) is 5.91 Å². The molecule has 1 aliphatic rings. The zero-order valence-corrected chi connectivity index (χ0v) is 16.5. The summed E-state index contributed by atoms with van der Waals surface area (Å²) in [6, 6.07) is 6.80. The van der Waals surface area contributed by atoms with E-state index < -0.39 is 0 Å². The Morgan fingerprint density at radius 3 is 2.67 bits per heavy atom. The lowest BCUT2D eigenvalue weighted by Gasteiger charge is -2.13. The fraction of sp³-hybridized carbons (Fsp3) is 0.333. The van der Waals surface area contributed by atoms with Crippen LogP contribution < -0.4 is 10.6 Å². The zero-order valence-electron chi connectivity index (χ0n) is 14.9. The standard InChI is InChI=1S/C18H20N4O3S2/c1-2-15-20-14(10-26-15)7-8-19-17(24)21-13-5-3-12(4-6-13)9-22-16(23)11-27-18(22)25/h3-6,10H,2,7-9,11H2,1H3,(H2,19,21,24). The molecule has 1 aliphatic heterocycles. The molecule has 0 radical (unpaired) electrons. The molecule has 142 valence electrons. The number of imide groups is 1. The number of urea groups is 1. The lowest BCUT2D eigenvalue weighted by atomic mass is 10.2. The molecule has 0 unspecified atom stereocenters. The fourth-order valence-electron chi connectivity index (χ4n) is 2.52. The van der Waals surface area contributed by atoms with Crippen LogP contribution in [0.25, 0.3) is 0 Å². The molecule has 2 heterocycles. The predicted molar refractivity (Wildman–Crippen MR) is 107 cm³/mol. The van der Waals surface area contributed by atoms with Gasteiger partial charge in [-0.15, -0.1) is 11.3 Å². The van der Waals surface area contributed by atoms with Crippen LogP contribution in [0.2, 0.25) is 0 Å². The van der Waals surface area contributed by atoms with E-state index in [1.807, 2.05) is 5.38 Å². The Kier molecular flexibility index (Phi) is 6.46. The number of thioether (sulfide) groups is 1. The highest BCUT2D eigenvalue weighted by atomic mass is 32.2. The van der Waals surface area contributed by atoms with Crippen molar-refractivity contribution >= 4 is 46.0 Å². The number of carbonyl (C=O) groups is 3. The summed E-state index contributed by atoms with van der Waals surface area (Å²) in [5.41, 5.74) is 2.47. The minimum Gasteiger partial charge on any atom is -0.337 e. The first-order valence-electron chi connectivity index (χ1n) is 8.59. The molecule has 1 fully saturated rings. The number of aryl methyl sites for hydroxylation is 1. The van der Waals surface area contributed by atoms with Gasteiger partial charge in [0.25, 0.3) is 5.24 Å². The van der Waals surface area contributed by atoms with Crippen molar-refractivity contribution < 1.29 is 14.4 Å². The number of rotatable bonds is 7. The summed E-state index contributed by atoms with van der Waals surface area (Å²) < 4.78 is 0. The van der Waals surface area contributed by atoms with Crippen molar-refractivity contribution in [3.63, 3.8) is 0 Å². The average molecular weight is 405 g/mol. The Bertz CT molecular complexity index is 819. The van der Waals surface area contributed by atoms with Crippen LogP contribution in [0.3, 0.4) is 0 Å².